The van der Waals surface area contributed by atoms with Crippen LogP contribution in [0.5, 0.6) is 0 Å². The zero-order chi connectivity index (χ0) is 33.6. The van der Waals surface area contributed by atoms with Crippen LogP contribution in [0.1, 0.15) is 6.92 Å². The van der Waals surface area contributed by atoms with Crippen molar-refractivity contribution in [3.05, 3.63) is 152 Å². The molecule has 11 rings (SSSR count). The van der Waals surface area contributed by atoms with Gasteiger partial charge in [0.15, 0.2) is 0 Å². The Morgan fingerprint density at radius 2 is 1.02 bits per heavy atom. The van der Waals surface area contributed by atoms with E-state index in [0.29, 0.717) is 0 Å². The van der Waals surface area contributed by atoms with Crippen molar-refractivity contribution >= 4 is 75.7 Å². The van der Waals surface area contributed by atoms with Crippen LogP contribution in [0.3, 0.4) is 0 Å². The Kier molecular flexibility index (Phi) is 5.90. The zero-order valence-electron chi connectivity index (χ0n) is 27.9. The first-order valence-corrected chi connectivity index (χ1v) is 17.6. The highest BCUT2D eigenvalue weighted by Crippen LogP contribution is 2.44. The molecule has 11 aromatic rings. The molecule has 2 heterocycles. The van der Waals surface area contributed by atoms with Gasteiger partial charge in [0, 0.05) is 23.2 Å². The van der Waals surface area contributed by atoms with Crippen LogP contribution in [0, 0.1) is 0 Å². The second-order valence-corrected chi connectivity index (χ2v) is 13.5. The molecule has 0 N–H and O–H groups in total. The van der Waals surface area contributed by atoms with Gasteiger partial charge in [-0.15, -0.1) is 0 Å². The fourth-order valence-electron chi connectivity index (χ4n) is 8.47. The van der Waals surface area contributed by atoms with Crippen molar-refractivity contribution in [3.63, 3.8) is 0 Å². The monoisotopic (exact) mass is 650 g/mol. The van der Waals surface area contributed by atoms with Crippen molar-refractivity contribution in [1.29, 1.82) is 0 Å². The summed E-state index contributed by atoms with van der Waals surface area (Å²) in [6, 6.07) is 50.6. The molecule has 0 unspecified atom stereocenters. The number of aryl methyl sites for hydroxylation is 1. The molecule has 0 aliphatic heterocycles. The van der Waals surface area contributed by atoms with Crippen molar-refractivity contribution in [2.24, 2.45) is 0 Å². The Bertz CT molecular complexity index is 3150. The molecule has 0 fully saturated rings. The minimum atomic E-state index is 0.826. The summed E-state index contributed by atoms with van der Waals surface area (Å²) in [6.07, 6.45) is 3.81. The van der Waals surface area contributed by atoms with Crippen LogP contribution in [0.4, 0.5) is 0 Å². The first-order valence-electron chi connectivity index (χ1n) is 17.6. The third-order valence-corrected chi connectivity index (χ3v) is 10.8. The number of nitrogens with zero attached hydrogens (tertiary/aromatic N) is 4. The minimum absolute atomic E-state index is 0.826. The standard InChI is InChI=1S/C47H30N4/c1-2-51-42-22-21-32(25-39(42)50-47(51)31-9-4-3-5-10-31)40-26-49-41(27-48-40)34-23-33-20-19-30-12-7-15-36-35-14-6-11-28-17-18-29-13-8-16-37(45(29)43(28)35)38(24-34)46(33)44(30)36/h3-27H,2H2,1H3. The van der Waals surface area contributed by atoms with E-state index in [0.717, 1.165) is 51.5 Å². The average molecular weight is 651 g/mol. The van der Waals surface area contributed by atoms with Gasteiger partial charge in [-0.2, -0.15) is 0 Å². The maximum absolute atomic E-state index is 5.05. The molecule has 0 aliphatic rings. The van der Waals surface area contributed by atoms with Gasteiger partial charge in [0.05, 0.1) is 34.8 Å². The van der Waals surface area contributed by atoms with Crippen LogP contribution < -0.4 is 0 Å². The molecule has 0 spiro atoms. The van der Waals surface area contributed by atoms with E-state index >= 15 is 0 Å². The fraction of sp³-hybridized carbons (Fsp3) is 0.0426. The molecule has 0 saturated carbocycles. The van der Waals surface area contributed by atoms with Crippen molar-refractivity contribution in [2.75, 3.05) is 0 Å². The molecule has 0 bridgehead atoms. The topological polar surface area (TPSA) is 43.6 Å². The van der Waals surface area contributed by atoms with Gasteiger partial charge in [0.1, 0.15) is 5.82 Å². The van der Waals surface area contributed by atoms with Crippen molar-refractivity contribution in [3.8, 4) is 33.9 Å². The predicted molar refractivity (Wildman–Crippen MR) is 214 cm³/mol. The van der Waals surface area contributed by atoms with Gasteiger partial charge in [0.25, 0.3) is 0 Å². The molecule has 4 nitrogen and oxygen atoms in total. The smallest absolute Gasteiger partial charge is 0.141 e. The summed E-state index contributed by atoms with van der Waals surface area (Å²) in [5.74, 6) is 0.980. The summed E-state index contributed by atoms with van der Waals surface area (Å²) in [5, 5.41) is 15.2. The normalized spacial score (nSPS) is 12.1. The number of hydrogen-bond donors (Lipinski definition) is 0. The predicted octanol–water partition coefficient (Wildman–Crippen LogP) is 12.2. The third kappa shape index (κ3) is 4.11. The van der Waals surface area contributed by atoms with Crippen molar-refractivity contribution in [2.45, 2.75) is 13.5 Å². The lowest BCUT2D eigenvalue weighted by Crippen LogP contribution is -1.97. The molecule has 0 radical (unpaired) electrons. The van der Waals surface area contributed by atoms with Crippen LogP contribution >= 0.6 is 0 Å². The fourth-order valence-corrected chi connectivity index (χ4v) is 8.47. The van der Waals surface area contributed by atoms with E-state index in [2.05, 4.69) is 145 Å². The Labute approximate surface area is 293 Å². The number of benzene rings is 8. The van der Waals surface area contributed by atoms with Crippen molar-refractivity contribution in [1.82, 2.24) is 19.5 Å². The van der Waals surface area contributed by atoms with Gasteiger partial charge in [-0.1, -0.05) is 115 Å². The lowest BCUT2D eigenvalue weighted by molar-refractivity contribution is 0.796. The van der Waals surface area contributed by atoms with Gasteiger partial charge >= 0.3 is 0 Å². The summed E-state index contributed by atoms with van der Waals surface area (Å²) in [5.41, 5.74) is 6.91. The van der Waals surface area contributed by atoms with Crippen LogP contribution in [0.25, 0.3) is 110 Å². The molecule has 2 aromatic heterocycles. The van der Waals surface area contributed by atoms with E-state index in [1.807, 2.05) is 18.5 Å². The van der Waals surface area contributed by atoms with E-state index in [4.69, 9.17) is 15.0 Å². The van der Waals surface area contributed by atoms with Gasteiger partial charge in [-0.05, 0) is 95.8 Å². The Morgan fingerprint density at radius 3 is 1.63 bits per heavy atom. The van der Waals surface area contributed by atoms with E-state index in [1.54, 1.807) is 0 Å². The number of fused-ring (bicyclic) bond motifs is 3. The first-order chi connectivity index (χ1) is 25.2. The lowest BCUT2D eigenvalue weighted by Gasteiger charge is -2.17. The SMILES string of the molecule is CCn1c(-c2ccccc2)nc2cc(-c3cnc(-c4cc5ccc6cccc7c8cccc9ccc%10cccc(c(c4)c5c67)c%10c98)cn3)ccc21. The lowest BCUT2D eigenvalue weighted by atomic mass is 9.87. The molecular formula is C47H30N4. The second-order valence-electron chi connectivity index (χ2n) is 13.5. The Hall–Kier alpha value is -6.65. The van der Waals surface area contributed by atoms with Crippen LogP contribution in [-0.4, -0.2) is 19.5 Å². The number of hydrogen-bond acceptors (Lipinski definition) is 3. The molecule has 9 aromatic carbocycles. The molecule has 4 heteroatoms. The summed E-state index contributed by atoms with van der Waals surface area (Å²) >= 11 is 0. The highest BCUT2D eigenvalue weighted by molar-refractivity contribution is 6.37. The van der Waals surface area contributed by atoms with Crippen LogP contribution in [-0.2, 0) is 6.54 Å². The molecule has 0 saturated heterocycles. The highest BCUT2D eigenvalue weighted by atomic mass is 15.1. The maximum atomic E-state index is 5.05. The molecule has 0 atom stereocenters. The zero-order valence-corrected chi connectivity index (χ0v) is 27.9. The first kappa shape index (κ1) is 28.2. The molecule has 0 amide bonds. The third-order valence-electron chi connectivity index (χ3n) is 10.8. The molecule has 0 aliphatic carbocycles. The van der Waals surface area contributed by atoms with E-state index in [9.17, 15) is 0 Å². The molecular weight excluding hydrogens is 621 g/mol. The summed E-state index contributed by atoms with van der Waals surface area (Å²) in [6.45, 7) is 3.01. The Morgan fingerprint density at radius 1 is 0.451 bits per heavy atom. The average Bonchev–Trinajstić information content (AvgIpc) is 3.57. The van der Waals surface area contributed by atoms with Crippen molar-refractivity contribution < 1.29 is 0 Å². The number of aromatic nitrogens is 4. The van der Waals surface area contributed by atoms with E-state index in [1.165, 1.54) is 64.6 Å². The number of rotatable bonds is 4. The highest BCUT2D eigenvalue weighted by Gasteiger charge is 2.17. The maximum Gasteiger partial charge on any atom is 0.141 e. The molecule has 238 valence electrons. The van der Waals surface area contributed by atoms with E-state index < -0.39 is 0 Å². The van der Waals surface area contributed by atoms with Gasteiger partial charge in [-0.25, -0.2) is 4.98 Å². The Balaban J connectivity index is 1.11. The quantitative estimate of drug-likeness (QED) is 0.178. The largest absolute Gasteiger partial charge is 0.324 e. The van der Waals surface area contributed by atoms with Crippen LogP contribution in [0.15, 0.2) is 152 Å². The van der Waals surface area contributed by atoms with Crippen LogP contribution in [0.2, 0.25) is 0 Å². The second kappa shape index (κ2) is 10.7. The van der Waals surface area contributed by atoms with E-state index in [-0.39, 0.29) is 0 Å². The summed E-state index contributed by atoms with van der Waals surface area (Å²) < 4.78 is 2.27. The summed E-state index contributed by atoms with van der Waals surface area (Å²) in [4.78, 5) is 15.1. The van der Waals surface area contributed by atoms with Gasteiger partial charge < -0.3 is 4.57 Å². The summed E-state index contributed by atoms with van der Waals surface area (Å²) in [7, 11) is 0. The van der Waals surface area contributed by atoms with Gasteiger partial charge in [-0.3, -0.25) is 9.97 Å². The number of imidazole rings is 1. The molecule has 51 heavy (non-hydrogen) atoms. The minimum Gasteiger partial charge on any atom is -0.324 e. The van der Waals surface area contributed by atoms with Gasteiger partial charge in [0.2, 0.25) is 0 Å².